The number of H-pyrrole nitrogens is 1. The van der Waals surface area contributed by atoms with Gasteiger partial charge in [0.05, 0.1) is 5.52 Å². The zero-order valence-electron chi connectivity index (χ0n) is 16.5. The van der Waals surface area contributed by atoms with E-state index in [4.69, 9.17) is 9.47 Å². The first kappa shape index (κ1) is 17.4. The highest BCUT2D eigenvalue weighted by Gasteiger charge is 2.54. The van der Waals surface area contributed by atoms with Gasteiger partial charge in [0.25, 0.3) is 5.56 Å². The normalized spacial score (nSPS) is 31.8. The van der Waals surface area contributed by atoms with Gasteiger partial charge in [0.2, 0.25) is 5.91 Å². The van der Waals surface area contributed by atoms with Gasteiger partial charge in [-0.1, -0.05) is 0 Å². The quantitative estimate of drug-likeness (QED) is 0.838. The van der Waals surface area contributed by atoms with Crippen molar-refractivity contribution in [3.63, 3.8) is 0 Å². The van der Waals surface area contributed by atoms with Gasteiger partial charge in [-0.25, -0.2) is 0 Å². The number of carbonyl (C=O) groups is 1. The van der Waals surface area contributed by atoms with Gasteiger partial charge in [0, 0.05) is 29.0 Å². The Morgan fingerprint density at radius 3 is 2.28 bits per heavy atom. The molecule has 4 saturated carbocycles. The lowest BCUT2D eigenvalue weighted by Gasteiger charge is -2.55. The number of nitrogens with one attached hydrogen (secondary N) is 2. The minimum Gasteiger partial charge on any atom is -0.486 e. The molecule has 4 bridgehead atoms. The van der Waals surface area contributed by atoms with Crippen molar-refractivity contribution in [1.82, 2.24) is 10.3 Å². The summed E-state index contributed by atoms with van der Waals surface area (Å²) >= 11 is 0. The number of benzene rings is 1. The molecule has 2 heterocycles. The lowest BCUT2D eigenvalue weighted by molar-refractivity contribution is -0.146. The minimum absolute atomic E-state index is 0.151. The second-order valence-electron chi connectivity index (χ2n) is 9.59. The SMILES string of the molecule is O=C(NCc1cc2cc3c(cc2[nH]c1=O)OCCO3)C12CC3CC(CC(C3)C1)C2. The third-order valence-electron chi connectivity index (χ3n) is 7.54. The molecule has 4 fully saturated rings. The molecule has 6 heteroatoms. The summed E-state index contributed by atoms with van der Waals surface area (Å²) in [5, 5.41) is 3.99. The van der Waals surface area contributed by atoms with E-state index in [1.165, 1.54) is 19.3 Å². The molecule has 4 aliphatic carbocycles. The second kappa shape index (κ2) is 6.25. The van der Waals surface area contributed by atoms with Crippen molar-refractivity contribution in [2.75, 3.05) is 13.2 Å². The zero-order valence-corrected chi connectivity index (χ0v) is 16.5. The fourth-order valence-electron chi connectivity index (χ4n) is 6.67. The monoisotopic (exact) mass is 394 g/mol. The van der Waals surface area contributed by atoms with Crippen LogP contribution in [0.3, 0.4) is 0 Å². The first-order valence-electron chi connectivity index (χ1n) is 10.8. The van der Waals surface area contributed by atoms with Crippen LogP contribution in [0, 0.1) is 23.2 Å². The van der Waals surface area contributed by atoms with E-state index in [1.807, 2.05) is 18.2 Å². The maximum Gasteiger partial charge on any atom is 0.253 e. The molecular weight excluding hydrogens is 368 g/mol. The van der Waals surface area contributed by atoms with Crippen molar-refractivity contribution in [3.8, 4) is 11.5 Å². The summed E-state index contributed by atoms with van der Waals surface area (Å²) in [6.07, 6.45) is 7.03. The van der Waals surface area contributed by atoms with Crippen LogP contribution < -0.4 is 20.3 Å². The Kier molecular flexibility index (Phi) is 3.74. The zero-order chi connectivity index (χ0) is 19.6. The van der Waals surface area contributed by atoms with Crippen molar-refractivity contribution >= 4 is 16.8 Å². The van der Waals surface area contributed by atoms with Crippen LogP contribution in [0.5, 0.6) is 11.5 Å². The molecular formula is C23H26N2O4. The van der Waals surface area contributed by atoms with Crippen LogP contribution in [0.1, 0.15) is 44.1 Å². The molecule has 5 aliphatic rings. The van der Waals surface area contributed by atoms with Crippen LogP contribution in [-0.4, -0.2) is 24.1 Å². The van der Waals surface area contributed by atoms with E-state index in [0.717, 1.165) is 47.9 Å². The predicted molar refractivity (Wildman–Crippen MR) is 108 cm³/mol. The summed E-state index contributed by atoms with van der Waals surface area (Å²) in [7, 11) is 0. The summed E-state index contributed by atoms with van der Waals surface area (Å²) in [6.45, 7) is 1.30. The van der Waals surface area contributed by atoms with Gasteiger partial charge >= 0.3 is 0 Å². The molecule has 7 rings (SSSR count). The Balaban J connectivity index is 1.24. The summed E-state index contributed by atoms with van der Waals surface area (Å²) < 4.78 is 11.2. The van der Waals surface area contributed by atoms with E-state index in [0.29, 0.717) is 30.3 Å². The van der Waals surface area contributed by atoms with Gasteiger partial charge in [-0.05, 0) is 68.4 Å². The predicted octanol–water partition coefficient (Wildman–Crippen LogP) is 3.13. The van der Waals surface area contributed by atoms with E-state index in [9.17, 15) is 9.59 Å². The Labute approximate surface area is 169 Å². The Hall–Kier alpha value is -2.50. The fraction of sp³-hybridized carbons (Fsp3) is 0.565. The smallest absolute Gasteiger partial charge is 0.253 e. The molecule has 6 nitrogen and oxygen atoms in total. The topological polar surface area (TPSA) is 80.4 Å². The Morgan fingerprint density at radius 1 is 1.00 bits per heavy atom. The molecule has 152 valence electrons. The number of amides is 1. The van der Waals surface area contributed by atoms with E-state index in [-0.39, 0.29) is 23.4 Å². The maximum atomic E-state index is 13.2. The molecule has 0 unspecified atom stereocenters. The van der Waals surface area contributed by atoms with Gasteiger partial charge in [0.1, 0.15) is 13.2 Å². The fourth-order valence-corrected chi connectivity index (χ4v) is 6.67. The molecule has 0 radical (unpaired) electrons. The number of aromatic amines is 1. The summed E-state index contributed by atoms with van der Waals surface area (Å²) in [5.41, 5.74) is 0.936. The van der Waals surface area contributed by atoms with Crippen molar-refractivity contribution in [2.24, 2.45) is 23.2 Å². The van der Waals surface area contributed by atoms with Gasteiger partial charge in [0.15, 0.2) is 11.5 Å². The molecule has 0 atom stereocenters. The van der Waals surface area contributed by atoms with Crippen LogP contribution in [0.4, 0.5) is 0 Å². The largest absolute Gasteiger partial charge is 0.486 e. The van der Waals surface area contributed by atoms with E-state index in [1.54, 1.807) is 0 Å². The molecule has 2 N–H and O–H groups in total. The third-order valence-corrected chi connectivity index (χ3v) is 7.54. The number of aromatic nitrogens is 1. The highest BCUT2D eigenvalue weighted by molar-refractivity contribution is 5.84. The number of rotatable bonds is 3. The van der Waals surface area contributed by atoms with E-state index >= 15 is 0 Å². The van der Waals surface area contributed by atoms with Crippen LogP contribution >= 0.6 is 0 Å². The second-order valence-corrected chi connectivity index (χ2v) is 9.59. The van der Waals surface area contributed by atoms with Crippen LogP contribution in [0.25, 0.3) is 10.9 Å². The minimum atomic E-state index is -0.192. The number of ether oxygens (including phenoxy) is 2. The van der Waals surface area contributed by atoms with Gasteiger partial charge < -0.3 is 19.8 Å². The average Bonchev–Trinajstić information content (AvgIpc) is 2.69. The Morgan fingerprint density at radius 2 is 1.62 bits per heavy atom. The number of fused-ring (bicyclic) bond motifs is 2. The molecule has 0 saturated heterocycles. The standard InChI is InChI=1S/C23H26N2O4/c26-21-17(6-16-7-19-20(8-18(16)25-21)29-2-1-28-19)12-24-22(27)23-9-13-3-14(10-23)5-15(4-13)11-23/h6-8,13-15H,1-5,9-12H2,(H,24,27)(H,25,26). The van der Waals surface area contributed by atoms with Crippen molar-refractivity contribution in [3.05, 3.63) is 34.1 Å². The van der Waals surface area contributed by atoms with Gasteiger partial charge in [-0.15, -0.1) is 0 Å². The third kappa shape index (κ3) is 2.83. The average molecular weight is 394 g/mol. The number of hydrogen-bond acceptors (Lipinski definition) is 4. The van der Waals surface area contributed by atoms with E-state index < -0.39 is 0 Å². The van der Waals surface area contributed by atoms with Crippen molar-refractivity contribution in [1.29, 1.82) is 0 Å². The first-order chi connectivity index (χ1) is 14.1. The maximum absolute atomic E-state index is 13.2. The van der Waals surface area contributed by atoms with Crippen LogP contribution in [0.15, 0.2) is 23.0 Å². The molecule has 1 aromatic heterocycles. The first-order valence-corrected chi connectivity index (χ1v) is 10.8. The number of hydrogen-bond donors (Lipinski definition) is 2. The van der Waals surface area contributed by atoms with Crippen LogP contribution in [-0.2, 0) is 11.3 Å². The lowest BCUT2D eigenvalue weighted by Crippen LogP contribution is -2.53. The number of carbonyl (C=O) groups excluding carboxylic acids is 1. The van der Waals surface area contributed by atoms with Crippen molar-refractivity contribution in [2.45, 2.75) is 45.1 Å². The van der Waals surface area contributed by atoms with Crippen molar-refractivity contribution < 1.29 is 14.3 Å². The summed E-state index contributed by atoms with van der Waals surface area (Å²) in [6, 6.07) is 5.56. The molecule has 2 aromatic rings. The van der Waals surface area contributed by atoms with Crippen LogP contribution in [0.2, 0.25) is 0 Å². The Bertz CT molecular complexity index is 1020. The lowest BCUT2D eigenvalue weighted by atomic mass is 9.49. The molecule has 0 spiro atoms. The van der Waals surface area contributed by atoms with Gasteiger partial charge in [-0.3, -0.25) is 9.59 Å². The summed E-state index contributed by atoms with van der Waals surface area (Å²) in [5.74, 6) is 3.68. The molecule has 1 amide bonds. The summed E-state index contributed by atoms with van der Waals surface area (Å²) in [4.78, 5) is 28.7. The highest BCUT2D eigenvalue weighted by Crippen LogP contribution is 2.60. The van der Waals surface area contributed by atoms with Gasteiger partial charge in [-0.2, -0.15) is 0 Å². The molecule has 1 aliphatic heterocycles. The highest BCUT2D eigenvalue weighted by atomic mass is 16.6. The molecule has 29 heavy (non-hydrogen) atoms. The van der Waals surface area contributed by atoms with E-state index in [2.05, 4.69) is 10.3 Å². The number of pyridine rings is 1. The molecule has 1 aromatic carbocycles.